The Morgan fingerprint density at radius 2 is 2.32 bits per heavy atom. The van der Waals surface area contributed by atoms with Gasteiger partial charge in [0.15, 0.2) is 5.82 Å². The van der Waals surface area contributed by atoms with Crippen LogP contribution in [0.3, 0.4) is 0 Å². The van der Waals surface area contributed by atoms with Gasteiger partial charge in [-0.3, -0.25) is 4.79 Å². The highest BCUT2D eigenvalue weighted by Gasteiger charge is 2.09. The molecule has 7 heteroatoms. The van der Waals surface area contributed by atoms with Crippen LogP contribution in [0.5, 0.6) is 5.75 Å². The average Bonchev–Trinajstić information content (AvgIpc) is 2.86. The molecule has 1 amide bonds. The number of hydrogen-bond acceptors (Lipinski definition) is 4. The van der Waals surface area contributed by atoms with Gasteiger partial charge in [-0.15, -0.1) is 10.2 Å². The van der Waals surface area contributed by atoms with E-state index in [1.807, 2.05) is 34.1 Å². The molecule has 0 radical (unpaired) electrons. The van der Waals surface area contributed by atoms with E-state index in [0.717, 1.165) is 6.54 Å². The maximum atomic E-state index is 11.9. The lowest BCUT2D eigenvalue weighted by Crippen LogP contribution is -2.24. The lowest BCUT2D eigenvalue weighted by atomic mass is 10.2. The van der Waals surface area contributed by atoms with E-state index in [0.29, 0.717) is 21.5 Å². The molecule has 2 rings (SSSR count). The van der Waals surface area contributed by atoms with Crippen molar-refractivity contribution < 1.29 is 9.90 Å². The second kappa shape index (κ2) is 6.00. The largest absolute Gasteiger partial charge is 0.507 e. The van der Waals surface area contributed by atoms with E-state index in [4.69, 9.17) is 0 Å². The highest BCUT2D eigenvalue weighted by molar-refractivity contribution is 14.1. The van der Waals surface area contributed by atoms with Crippen molar-refractivity contribution in [1.29, 1.82) is 0 Å². The molecule has 0 unspecified atom stereocenters. The molecule has 0 spiro atoms. The first-order valence-corrected chi connectivity index (χ1v) is 6.83. The predicted molar refractivity (Wildman–Crippen MR) is 77.7 cm³/mol. The molecule has 0 fully saturated rings. The van der Waals surface area contributed by atoms with Crippen LogP contribution >= 0.6 is 22.6 Å². The molecule has 1 aromatic carbocycles. The van der Waals surface area contributed by atoms with Crippen LogP contribution in [-0.2, 0) is 13.1 Å². The molecule has 0 aliphatic heterocycles. The number of nitrogens with one attached hydrogen (secondary N) is 1. The molecule has 0 aliphatic carbocycles. The Morgan fingerprint density at radius 1 is 1.53 bits per heavy atom. The highest BCUT2D eigenvalue weighted by atomic mass is 127. The van der Waals surface area contributed by atoms with Gasteiger partial charge in [0.25, 0.3) is 5.91 Å². The molecule has 1 aromatic heterocycles. The van der Waals surface area contributed by atoms with Crippen molar-refractivity contribution >= 4 is 28.5 Å². The number of amides is 1. The number of aromatic hydroxyl groups is 1. The van der Waals surface area contributed by atoms with E-state index in [-0.39, 0.29) is 11.7 Å². The number of nitrogens with zero attached hydrogens (tertiary/aromatic N) is 3. The van der Waals surface area contributed by atoms with Crippen LogP contribution in [0.4, 0.5) is 0 Å². The fourth-order valence-corrected chi connectivity index (χ4v) is 1.93. The quantitative estimate of drug-likeness (QED) is 0.798. The molecule has 1 heterocycles. The number of phenolic OH excluding ortho intramolecular Hbond substituents is 1. The van der Waals surface area contributed by atoms with Gasteiger partial charge in [-0.25, -0.2) is 0 Å². The lowest BCUT2D eigenvalue weighted by molar-refractivity contribution is 0.0949. The van der Waals surface area contributed by atoms with Crippen LogP contribution < -0.4 is 5.32 Å². The summed E-state index contributed by atoms with van der Waals surface area (Å²) in [6.45, 7) is 3.04. The summed E-state index contributed by atoms with van der Waals surface area (Å²) < 4.78 is 2.56. The fourth-order valence-electron chi connectivity index (χ4n) is 1.60. The molecule has 0 saturated heterocycles. The maximum Gasteiger partial charge on any atom is 0.251 e. The molecule has 0 atom stereocenters. The summed E-state index contributed by atoms with van der Waals surface area (Å²) in [6.07, 6.45) is 1.62. The lowest BCUT2D eigenvalue weighted by Gasteiger charge is -2.06. The van der Waals surface area contributed by atoms with Crippen LogP contribution in [-0.4, -0.2) is 25.8 Å². The molecule has 19 heavy (non-hydrogen) atoms. The van der Waals surface area contributed by atoms with Crippen molar-refractivity contribution in [2.75, 3.05) is 0 Å². The first-order chi connectivity index (χ1) is 9.11. The Kier molecular flexibility index (Phi) is 4.35. The van der Waals surface area contributed by atoms with Crippen molar-refractivity contribution in [3.8, 4) is 5.75 Å². The van der Waals surface area contributed by atoms with Gasteiger partial charge in [0.2, 0.25) is 0 Å². The Hall–Kier alpha value is -1.64. The molecule has 2 aromatic rings. The van der Waals surface area contributed by atoms with Crippen molar-refractivity contribution in [3.63, 3.8) is 0 Å². The number of halogens is 1. The van der Waals surface area contributed by atoms with Gasteiger partial charge in [-0.1, -0.05) is 0 Å². The normalized spacial score (nSPS) is 10.4. The molecule has 0 saturated carbocycles. The van der Waals surface area contributed by atoms with Gasteiger partial charge in [0.05, 0.1) is 10.1 Å². The number of phenols is 1. The topological polar surface area (TPSA) is 80.0 Å². The van der Waals surface area contributed by atoms with Crippen LogP contribution in [0.2, 0.25) is 0 Å². The molecule has 0 bridgehead atoms. The van der Waals surface area contributed by atoms with Gasteiger partial charge in [-0.2, -0.15) is 0 Å². The summed E-state index contributed by atoms with van der Waals surface area (Å²) >= 11 is 2.00. The summed E-state index contributed by atoms with van der Waals surface area (Å²) in [7, 11) is 0. The molecule has 0 aliphatic rings. The molecule has 100 valence electrons. The Balaban J connectivity index is 2.03. The maximum absolute atomic E-state index is 11.9. The van der Waals surface area contributed by atoms with Gasteiger partial charge in [0, 0.05) is 12.1 Å². The monoisotopic (exact) mass is 372 g/mol. The van der Waals surface area contributed by atoms with Gasteiger partial charge < -0.3 is 15.0 Å². The Morgan fingerprint density at radius 3 is 3.00 bits per heavy atom. The summed E-state index contributed by atoms with van der Waals surface area (Å²) in [5.41, 5.74) is 0.417. The second-order valence-electron chi connectivity index (χ2n) is 3.88. The van der Waals surface area contributed by atoms with Crippen molar-refractivity contribution in [3.05, 3.63) is 39.5 Å². The first-order valence-electron chi connectivity index (χ1n) is 5.75. The number of benzene rings is 1. The van der Waals surface area contributed by atoms with Crippen molar-refractivity contribution in [2.24, 2.45) is 0 Å². The third kappa shape index (κ3) is 3.22. The van der Waals surface area contributed by atoms with E-state index in [9.17, 15) is 9.90 Å². The number of carbonyl (C=O) groups excluding carboxylic acids is 1. The highest BCUT2D eigenvalue weighted by Crippen LogP contribution is 2.20. The minimum atomic E-state index is -0.252. The predicted octanol–water partition coefficient (Wildman–Crippen LogP) is 1.54. The van der Waals surface area contributed by atoms with Gasteiger partial charge >= 0.3 is 0 Å². The standard InChI is InChI=1S/C12H13IN4O2/c1-2-17-7-15-16-11(17)6-14-12(19)8-3-4-9(13)10(18)5-8/h3-5,7,18H,2,6H2,1H3,(H,14,19). The molecular formula is C12H13IN4O2. The minimum Gasteiger partial charge on any atom is -0.507 e. The molecular weight excluding hydrogens is 359 g/mol. The Bertz CT molecular complexity index is 597. The Labute approximate surface area is 124 Å². The zero-order valence-electron chi connectivity index (χ0n) is 10.3. The second-order valence-corrected chi connectivity index (χ2v) is 5.04. The van der Waals surface area contributed by atoms with Crippen LogP contribution in [0, 0.1) is 3.57 Å². The zero-order chi connectivity index (χ0) is 13.8. The van der Waals surface area contributed by atoms with E-state index in [2.05, 4.69) is 15.5 Å². The van der Waals surface area contributed by atoms with Crippen LogP contribution in [0.25, 0.3) is 0 Å². The third-order valence-corrected chi connectivity index (χ3v) is 3.56. The fraction of sp³-hybridized carbons (Fsp3) is 0.250. The third-order valence-electron chi connectivity index (χ3n) is 2.65. The number of aryl methyl sites for hydroxylation is 1. The van der Waals surface area contributed by atoms with Crippen molar-refractivity contribution in [2.45, 2.75) is 20.0 Å². The zero-order valence-corrected chi connectivity index (χ0v) is 12.5. The number of aromatic nitrogens is 3. The van der Waals surface area contributed by atoms with E-state index >= 15 is 0 Å². The first kappa shape index (κ1) is 13.8. The summed E-state index contributed by atoms with van der Waals surface area (Å²) in [4.78, 5) is 11.9. The van der Waals surface area contributed by atoms with E-state index in [1.165, 1.54) is 6.07 Å². The van der Waals surface area contributed by atoms with Crippen molar-refractivity contribution in [1.82, 2.24) is 20.1 Å². The van der Waals surface area contributed by atoms with Crippen LogP contribution in [0.1, 0.15) is 23.1 Å². The smallest absolute Gasteiger partial charge is 0.251 e. The summed E-state index contributed by atoms with van der Waals surface area (Å²) in [5, 5.41) is 20.0. The number of rotatable bonds is 4. The summed E-state index contributed by atoms with van der Waals surface area (Å²) in [6, 6.07) is 4.81. The molecule has 6 nitrogen and oxygen atoms in total. The number of carbonyl (C=O) groups is 1. The van der Waals surface area contributed by atoms with Gasteiger partial charge in [0.1, 0.15) is 12.1 Å². The summed E-state index contributed by atoms with van der Waals surface area (Å²) in [5.74, 6) is 0.549. The SMILES string of the molecule is CCn1cnnc1CNC(=O)c1ccc(I)c(O)c1. The number of hydrogen-bond donors (Lipinski definition) is 2. The van der Waals surface area contributed by atoms with E-state index in [1.54, 1.807) is 18.5 Å². The minimum absolute atomic E-state index is 0.102. The van der Waals surface area contributed by atoms with E-state index < -0.39 is 0 Å². The van der Waals surface area contributed by atoms with Crippen LogP contribution in [0.15, 0.2) is 24.5 Å². The van der Waals surface area contributed by atoms with Gasteiger partial charge in [-0.05, 0) is 47.7 Å². The molecule has 2 N–H and O–H groups in total. The average molecular weight is 372 g/mol.